The zero-order chi connectivity index (χ0) is 10.2. The van der Waals surface area contributed by atoms with Crippen LogP contribution < -0.4 is 5.32 Å². The molecule has 0 aromatic rings. The molecule has 2 unspecified atom stereocenters. The number of rotatable bonds is 1. The van der Waals surface area contributed by atoms with Crippen LogP contribution in [0.3, 0.4) is 0 Å². The first-order valence-corrected chi connectivity index (χ1v) is 5.30. The van der Waals surface area contributed by atoms with Crippen molar-refractivity contribution in [3.63, 3.8) is 0 Å². The largest absolute Gasteiger partial charge is 0.480 e. The number of hydrogen-bond donors (Lipinski definition) is 2. The Bertz CT molecular complexity index is 244. The van der Waals surface area contributed by atoms with Gasteiger partial charge >= 0.3 is 5.97 Å². The highest BCUT2D eigenvalue weighted by atomic mass is 16.4. The van der Waals surface area contributed by atoms with Crippen LogP contribution in [-0.2, 0) is 4.79 Å². The second-order valence-electron chi connectivity index (χ2n) is 4.70. The Labute approximate surface area is 84.3 Å². The van der Waals surface area contributed by atoms with E-state index in [0.717, 1.165) is 32.4 Å². The summed E-state index contributed by atoms with van der Waals surface area (Å²) in [4.78, 5) is 13.1. The Morgan fingerprint density at radius 1 is 1.57 bits per heavy atom. The van der Waals surface area contributed by atoms with E-state index in [4.69, 9.17) is 5.11 Å². The minimum Gasteiger partial charge on any atom is -0.480 e. The van der Waals surface area contributed by atoms with Crippen LogP contribution >= 0.6 is 0 Å². The Balaban J connectivity index is 2.01. The van der Waals surface area contributed by atoms with Gasteiger partial charge in [-0.05, 0) is 39.3 Å². The molecule has 2 saturated heterocycles. The van der Waals surface area contributed by atoms with Crippen LogP contribution in [0.4, 0.5) is 0 Å². The topological polar surface area (TPSA) is 52.6 Å². The van der Waals surface area contributed by atoms with Gasteiger partial charge in [-0.25, -0.2) is 0 Å². The highest BCUT2D eigenvalue weighted by Gasteiger charge is 2.42. The van der Waals surface area contributed by atoms with E-state index in [1.807, 2.05) is 0 Å². The van der Waals surface area contributed by atoms with Crippen LogP contribution in [-0.4, -0.2) is 47.7 Å². The van der Waals surface area contributed by atoms with Crippen molar-refractivity contribution >= 4 is 5.97 Å². The number of carboxylic acid groups (broad SMARTS) is 1. The first-order valence-electron chi connectivity index (χ1n) is 5.30. The summed E-state index contributed by atoms with van der Waals surface area (Å²) in [5.74, 6) is -0.699. The third kappa shape index (κ3) is 1.77. The molecular weight excluding hydrogens is 180 g/mol. The van der Waals surface area contributed by atoms with Gasteiger partial charge in [0, 0.05) is 12.1 Å². The monoisotopic (exact) mass is 198 g/mol. The quantitative estimate of drug-likeness (QED) is 0.636. The van der Waals surface area contributed by atoms with Crippen molar-refractivity contribution in [1.82, 2.24) is 10.2 Å². The molecule has 2 atom stereocenters. The van der Waals surface area contributed by atoms with E-state index in [1.54, 1.807) is 0 Å². The van der Waals surface area contributed by atoms with Crippen LogP contribution in [0.2, 0.25) is 0 Å². The third-order valence-electron chi connectivity index (χ3n) is 3.46. The SMILES string of the molecule is CN1CCCC2(CCC(C(=O)O)N2)C1. The zero-order valence-electron chi connectivity index (χ0n) is 8.62. The van der Waals surface area contributed by atoms with E-state index in [-0.39, 0.29) is 11.6 Å². The molecule has 2 heterocycles. The van der Waals surface area contributed by atoms with E-state index < -0.39 is 5.97 Å². The number of carboxylic acids is 1. The molecule has 0 saturated carbocycles. The summed E-state index contributed by atoms with van der Waals surface area (Å²) < 4.78 is 0. The van der Waals surface area contributed by atoms with Gasteiger partial charge in [-0.2, -0.15) is 0 Å². The summed E-state index contributed by atoms with van der Waals surface area (Å²) in [6.07, 6.45) is 4.09. The van der Waals surface area contributed by atoms with Gasteiger partial charge < -0.3 is 10.0 Å². The molecule has 1 spiro atoms. The molecule has 4 heteroatoms. The van der Waals surface area contributed by atoms with Crippen LogP contribution in [0.5, 0.6) is 0 Å². The summed E-state index contributed by atoms with van der Waals surface area (Å²) in [7, 11) is 2.11. The number of hydrogen-bond acceptors (Lipinski definition) is 3. The lowest BCUT2D eigenvalue weighted by molar-refractivity contribution is -0.139. The van der Waals surface area contributed by atoms with Gasteiger partial charge in [-0.15, -0.1) is 0 Å². The minimum atomic E-state index is -0.699. The smallest absolute Gasteiger partial charge is 0.320 e. The molecule has 0 amide bonds. The number of piperidine rings is 1. The predicted molar refractivity (Wildman–Crippen MR) is 53.3 cm³/mol. The molecule has 2 rings (SSSR count). The highest BCUT2D eigenvalue weighted by molar-refractivity contribution is 5.74. The molecule has 2 fully saturated rings. The van der Waals surface area contributed by atoms with Crippen LogP contribution in [0, 0.1) is 0 Å². The Morgan fingerprint density at radius 2 is 2.36 bits per heavy atom. The molecule has 2 N–H and O–H groups in total. The molecular formula is C10H18N2O2. The van der Waals surface area contributed by atoms with E-state index in [2.05, 4.69) is 17.3 Å². The van der Waals surface area contributed by atoms with Gasteiger partial charge in [0.2, 0.25) is 0 Å². The lowest BCUT2D eigenvalue weighted by atomic mass is 9.88. The average Bonchev–Trinajstić information content (AvgIpc) is 2.49. The number of carbonyl (C=O) groups is 1. The lowest BCUT2D eigenvalue weighted by Gasteiger charge is -2.39. The van der Waals surface area contributed by atoms with Gasteiger partial charge in [0.05, 0.1) is 0 Å². The lowest BCUT2D eigenvalue weighted by Crippen LogP contribution is -2.55. The summed E-state index contributed by atoms with van der Waals surface area (Å²) in [5.41, 5.74) is 0.0933. The number of likely N-dealkylation sites (tertiary alicyclic amines) is 1. The van der Waals surface area contributed by atoms with Crippen molar-refractivity contribution in [2.24, 2.45) is 0 Å². The standard InChI is InChI=1S/C10H18N2O2/c1-12-6-2-4-10(7-12)5-3-8(11-10)9(13)14/h8,11H,2-7H2,1H3,(H,13,14). The molecule has 0 radical (unpaired) electrons. The van der Waals surface area contributed by atoms with Gasteiger partial charge in [-0.3, -0.25) is 10.1 Å². The van der Waals surface area contributed by atoms with Gasteiger partial charge in [-0.1, -0.05) is 0 Å². The van der Waals surface area contributed by atoms with Crippen LogP contribution in [0.15, 0.2) is 0 Å². The molecule has 2 aliphatic heterocycles. The molecule has 0 aliphatic carbocycles. The summed E-state index contributed by atoms with van der Waals surface area (Å²) in [5, 5.41) is 12.2. The fourth-order valence-electron chi connectivity index (χ4n) is 2.80. The van der Waals surface area contributed by atoms with Crippen molar-refractivity contribution < 1.29 is 9.90 Å². The van der Waals surface area contributed by atoms with E-state index in [0.29, 0.717) is 0 Å². The third-order valence-corrected chi connectivity index (χ3v) is 3.46. The second-order valence-corrected chi connectivity index (χ2v) is 4.70. The maximum atomic E-state index is 10.8. The molecule has 2 aliphatic rings. The predicted octanol–water partition coefficient (Wildman–Crippen LogP) is 0.287. The van der Waals surface area contributed by atoms with E-state index in [1.165, 1.54) is 6.42 Å². The maximum absolute atomic E-state index is 10.8. The van der Waals surface area contributed by atoms with Crippen molar-refractivity contribution in [1.29, 1.82) is 0 Å². The Kier molecular flexibility index (Phi) is 2.49. The fraction of sp³-hybridized carbons (Fsp3) is 0.900. The van der Waals surface area contributed by atoms with E-state index in [9.17, 15) is 4.79 Å². The number of aliphatic carboxylic acids is 1. The molecule has 80 valence electrons. The second kappa shape index (κ2) is 3.51. The highest BCUT2D eigenvalue weighted by Crippen LogP contribution is 2.31. The molecule has 0 aromatic heterocycles. The van der Waals surface area contributed by atoms with E-state index >= 15 is 0 Å². The van der Waals surface area contributed by atoms with Gasteiger partial charge in [0.25, 0.3) is 0 Å². The van der Waals surface area contributed by atoms with Gasteiger partial charge in [0.15, 0.2) is 0 Å². The fourth-order valence-corrected chi connectivity index (χ4v) is 2.80. The normalized spacial score (nSPS) is 39.1. The number of nitrogens with one attached hydrogen (secondary N) is 1. The van der Waals surface area contributed by atoms with Crippen molar-refractivity contribution in [2.45, 2.75) is 37.3 Å². The maximum Gasteiger partial charge on any atom is 0.320 e. The summed E-state index contributed by atoms with van der Waals surface area (Å²) in [6.45, 7) is 2.14. The minimum absolute atomic E-state index is 0.0933. The Morgan fingerprint density at radius 3 is 2.93 bits per heavy atom. The zero-order valence-corrected chi connectivity index (χ0v) is 8.62. The molecule has 4 nitrogen and oxygen atoms in total. The van der Waals surface area contributed by atoms with Crippen LogP contribution in [0.25, 0.3) is 0 Å². The summed E-state index contributed by atoms with van der Waals surface area (Å²) >= 11 is 0. The Hall–Kier alpha value is -0.610. The van der Waals surface area contributed by atoms with Crippen molar-refractivity contribution in [2.75, 3.05) is 20.1 Å². The average molecular weight is 198 g/mol. The van der Waals surface area contributed by atoms with Crippen molar-refractivity contribution in [3.05, 3.63) is 0 Å². The molecule has 0 bridgehead atoms. The number of nitrogens with zero attached hydrogens (tertiary/aromatic N) is 1. The summed E-state index contributed by atoms with van der Waals surface area (Å²) in [6, 6.07) is -0.318. The van der Waals surface area contributed by atoms with Crippen molar-refractivity contribution in [3.8, 4) is 0 Å². The molecule has 14 heavy (non-hydrogen) atoms. The first kappa shape index (κ1) is 9.93. The van der Waals surface area contributed by atoms with Gasteiger partial charge in [0.1, 0.15) is 6.04 Å². The number of likely N-dealkylation sites (N-methyl/N-ethyl adjacent to an activating group) is 1. The first-order chi connectivity index (χ1) is 6.61. The van der Waals surface area contributed by atoms with Crippen LogP contribution in [0.1, 0.15) is 25.7 Å². The molecule has 0 aromatic carbocycles.